The highest BCUT2D eigenvalue weighted by atomic mass is 16.3. The van der Waals surface area contributed by atoms with Gasteiger partial charge in [0.15, 0.2) is 0 Å². The number of likely N-dealkylation sites (tertiary alicyclic amines) is 1. The average Bonchev–Trinajstić information content (AvgIpc) is 3.13. The van der Waals surface area contributed by atoms with Gasteiger partial charge in [-0.2, -0.15) is 0 Å². The number of carbonyl (C=O) groups is 1. The normalized spacial score (nSPS) is 18.3. The molecule has 0 saturated carbocycles. The van der Waals surface area contributed by atoms with Crippen molar-refractivity contribution in [3.8, 4) is 0 Å². The number of hydrogen-bond acceptors (Lipinski definition) is 5. The van der Waals surface area contributed by atoms with Crippen LogP contribution in [0.15, 0.2) is 24.5 Å². The van der Waals surface area contributed by atoms with Crippen molar-refractivity contribution in [1.82, 2.24) is 15.2 Å². The molecule has 0 aromatic carbocycles. The zero-order valence-corrected chi connectivity index (χ0v) is 17.2. The Bertz CT molecular complexity index is 541. The molecule has 1 aliphatic rings. The number of pyridine rings is 1. The molecule has 1 fully saturated rings. The second-order valence-corrected chi connectivity index (χ2v) is 8.07. The lowest BCUT2D eigenvalue weighted by Gasteiger charge is -2.14. The van der Waals surface area contributed by atoms with E-state index < -0.39 is 0 Å². The Hall–Kier alpha value is -1.50. The number of β-amino-alcohol motifs (C(OH)–C–C–N with tert-alkyl or cyclic N) is 1. The zero-order valence-electron chi connectivity index (χ0n) is 17.2. The fraction of sp³-hybridized carbons (Fsp3) is 0.727. The summed E-state index contributed by atoms with van der Waals surface area (Å²) in [4.78, 5) is 18.3. The minimum absolute atomic E-state index is 0.0183. The molecule has 4 N–H and O–H groups in total. The number of unbranched alkanes of at least 4 members (excludes halogenated alkanes) is 7. The van der Waals surface area contributed by atoms with Crippen LogP contribution in [-0.2, 0) is 0 Å². The molecule has 6 nitrogen and oxygen atoms in total. The Morgan fingerprint density at radius 3 is 2.57 bits per heavy atom. The van der Waals surface area contributed by atoms with E-state index in [0.717, 1.165) is 38.9 Å². The number of nitrogens with zero attached hydrogens (tertiary/aromatic N) is 2. The molecule has 2 rings (SSSR count). The lowest BCUT2D eigenvalue weighted by molar-refractivity contribution is 0.0950. The molecule has 1 amide bonds. The number of nitrogens with two attached hydrogens (primary N) is 1. The van der Waals surface area contributed by atoms with Crippen LogP contribution in [0.4, 0.5) is 0 Å². The number of aliphatic hydroxyl groups excluding tert-OH is 1. The number of nitrogens with one attached hydrogen (secondary N) is 1. The van der Waals surface area contributed by atoms with Crippen LogP contribution in [-0.4, -0.2) is 59.2 Å². The van der Waals surface area contributed by atoms with Gasteiger partial charge in [-0.25, -0.2) is 0 Å². The van der Waals surface area contributed by atoms with E-state index in [4.69, 9.17) is 5.73 Å². The van der Waals surface area contributed by atoms with Crippen molar-refractivity contribution in [3.05, 3.63) is 30.1 Å². The van der Waals surface area contributed by atoms with Crippen molar-refractivity contribution < 1.29 is 9.90 Å². The highest BCUT2D eigenvalue weighted by molar-refractivity contribution is 5.93. The topological polar surface area (TPSA) is 91.5 Å². The second-order valence-electron chi connectivity index (χ2n) is 8.07. The van der Waals surface area contributed by atoms with Gasteiger partial charge >= 0.3 is 0 Å². The number of aliphatic hydroxyl groups is 1. The molecule has 6 heteroatoms. The summed E-state index contributed by atoms with van der Waals surface area (Å²) in [5.41, 5.74) is 6.68. The van der Waals surface area contributed by atoms with Crippen LogP contribution in [0.1, 0.15) is 74.6 Å². The Morgan fingerprint density at radius 1 is 1.21 bits per heavy atom. The fourth-order valence-corrected chi connectivity index (χ4v) is 3.74. The lowest BCUT2D eigenvalue weighted by atomic mass is 10.0. The molecule has 2 heterocycles. The summed E-state index contributed by atoms with van der Waals surface area (Å²) in [6.07, 6.45) is 15.1. The molecule has 1 saturated heterocycles. The van der Waals surface area contributed by atoms with Crippen molar-refractivity contribution in [2.45, 2.75) is 76.4 Å². The molecule has 0 bridgehead atoms. The zero-order chi connectivity index (χ0) is 20.0. The van der Waals surface area contributed by atoms with Crippen molar-refractivity contribution >= 4 is 5.91 Å². The fourth-order valence-electron chi connectivity index (χ4n) is 3.74. The average molecular weight is 391 g/mol. The summed E-state index contributed by atoms with van der Waals surface area (Å²) in [7, 11) is 0. The highest BCUT2D eigenvalue weighted by Crippen LogP contribution is 2.13. The standard InChI is InChI=1S/C22H38N4O2/c23-20(17-25-22(28)19-10-9-13-24-16-19)11-7-5-3-1-2-4-6-8-14-26-15-12-21(27)18-26/h9-10,13,16,20-21,27H,1-8,11-12,14-15,17-18,23H2,(H,25,28). The van der Waals surface area contributed by atoms with Gasteiger partial charge in [0.25, 0.3) is 5.91 Å². The highest BCUT2D eigenvalue weighted by Gasteiger charge is 2.18. The third-order valence-electron chi connectivity index (χ3n) is 5.50. The number of rotatable bonds is 14. The first kappa shape index (κ1) is 22.8. The van der Waals surface area contributed by atoms with Gasteiger partial charge in [0, 0.05) is 38.1 Å². The number of hydrogen-bond donors (Lipinski definition) is 3. The first-order valence-electron chi connectivity index (χ1n) is 11.0. The van der Waals surface area contributed by atoms with Crippen molar-refractivity contribution in [2.75, 3.05) is 26.2 Å². The molecule has 28 heavy (non-hydrogen) atoms. The molecule has 0 radical (unpaired) electrons. The van der Waals surface area contributed by atoms with Crippen LogP contribution in [0.2, 0.25) is 0 Å². The third-order valence-corrected chi connectivity index (χ3v) is 5.50. The largest absolute Gasteiger partial charge is 0.392 e. The molecular formula is C22H38N4O2. The lowest BCUT2D eigenvalue weighted by Crippen LogP contribution is -2.37. The van der Waals surface area contributed by atoms with Gasteiger partial charge in [-0.3, -0.25) is 9.78 Å². The summed E-state index contributed by atoms with van der Waals surface area (Å²) in [5, 5.41) is 12.4. The smallest absolute Gasteiger partial charge is 0.252 e. The second kappa shape index (κ2) is 13.6. The first-order chi connectivity index (χ1) is 13.6. The van der Waals surface area contributed by atoms with Crippen LogP contribution in [0.5, 0.6) is 0 Å². The molecule has 0 spiro atoms. The van der Waals surface area contributed by atoms with Gasteiger partial charge in [0.2, 0.25) is 0 Å². The maximum absolute atomic E-state index is 11.9. The molecule has 1 aliphatic heterocycles. The minimum Gasteiger partial charge on any atom is -0.392 e. The Kier molecular flexibility index (Phi) is 11.1. The molecule has 158 valence electrons. The van der Waals surface area contributed by atoms with E-state index in [1.807, 2.05) is 0 Å². The van der Waals surface area contributed by atoms with Crippen LogP contribution < -0.4 is 11.1 Å². The third kappa shape index (κ3) is 9.62. The van der Waals surface area contributed by atoms with Gasteiger partial charge in [0.05, 0.1) is 11.7 Å². The van der Waals surface area contributed by atoms with Gasteiger partial charge in [-0.1, -0.05) is 44.9 Å². The predicted molar refractivity (Wildman–Crippen MR) is 113 cm³/mol. The van der Waals surface area contributed by atoms with E-state index in [2.05, 4.69) is 15.2 Å². The Balaban J connectivity index is 1.35. The summed E-state index contributed by atoms with van der Waals surface area (Å²) in [6.45, 7) is 3.60. The molecule has 2 unspecified atom stereocenters. The van der Waals surface area contributed by atoms with Crippen LogP contribution >= 0.6 is 0 Å². The summed E-state index contributed by atoms with van der Waals surface area (Å²) in [6, 6.07) is 3.53. The van der Waals surface area contributed by atoms with E-state index in [1.54, 1.807) is 24.5 Å². The SMILES string of the molecule is NC(CCCCCCCCCCN1CCC(O)C1)CNC(=O)c1cccnc1. The monoisotopic (exact) mass is 390 g/mol. The maximum Gasteiger partial charge on any atom is 0.252 e. The van der Waals surface area contributed by atoms with E-state index in [1.165, 1.54) is 44.9 Å². The quantitative estimate of drug-likeness (QED) is 0.425. The number of carbonyl (C=O) groups excluding carboxylic acids is 1. The summed E-state index contributed by atoms with van der Waals surface area (Å²) in [5.74, 6) is -0.107. The van der Waals surface area contributed by atoms with Gasteiger partial charge in [0.1, 0.15) is 0 Å². The Morgan fingerprint density at radius 2 is 1.93 bits per heavy atom. The number of aromatic nitrogens is 1. The molecule has 0 aliphatic carbocycles. The minimum atomic E-state index is -0.107. The van der Waals surface area contributed by atoms with E-state index in [-0.39, 0.29) is 18.1 Å². The number of amides is 1. The molecule has 1 aromatic rings. The van der Waals surface area contributed by atoms with Gasteiger partial charge in [-0.05, 0) is 37.9 Å². The van der Waals surface area contributed by atoms with Gasteiger partial charge < -0.3 is 21.1 Å². The van der Waals surface area contributed by atoms with E-state index in [0.29, 0.717) is 12.1 Å². The molecule has 1 aromatic heterocycles. The van der Waals surface area contributed by atoms with Crippen molar-refractivity contribution in [1.29, 1.82) is 0 Å². The van der Waals surface area contributed by atoms with E-state index >= 15 is 0 Å². The van der Waals surface area contributed by atoms with Crippen LogP contribution in [0.3, 0.4) is 0 Å². The molecule has 2 atom stereocenters. The maximum atomic E-state index is 11.9. The Labute approximate surface area is 169 Å². The van der Waals surface area contributed by atoms with E-state index in [9.17, 15) is 9.90 Å². The predicted octanol–water partition coefficient (Wildman–Crippen LogP) is 2.72. The molecular weight excluding hydrogens is 352 g/mol. The van der Waals surface area contributed by atoms with Crippen LogP contribution in [0.25, 0.3) is 0 Å². The summed E-state index contributed by atoms with van der Waals surface area (Å²) < 4.78 is 0. The van der Waals surface area contributed by atoms with Crippen molar-refractivity contribution in [2.24, 2.45) is 5.73 Å². The first-order valence-corrected chi connectivity index (χ1v) is 11.0. The van der Waals surface area contributed by atoms with Gasteiger partial charge in [-0.15, -0.1) is 0 Å². The van der Waals surface area contributed by atoms with Crippen molar-refractivity contribution in [3.63, 3.8) is 0 Å². The summed E-state index contributed by atoms with van der Waals surface area (Å²) >= 11 is 0. The van der Waals surface area contributed by atoms with Crippen LogP contribution in [0, 0.1) is 0 Å².